The summed E-state index contributed by atoms with van der Waals surface area (Å²) >= 11 is 0. The number of fused-ring (bicyclic) bond motifs is 3. The molecule has 0 bridgehead atoms. The summed E-state index contributed by atoms with van der Waals surface area (Å²) in [5.74, 6) is 1.76. The molecule has 0 spiro atoms. The van der Waals surface area contributed by atoms with Crippen LogP contribution in [0.2, 0.25) is 0 Å². The first-order chi connectivity index (χ1) is 26.8. The molecule has 3 heteroatoms. The van der Waals surface area contributed by atoms with Crippen LogP contribution in [0.1, 0.15) is 39.5 Å². The molecule has 8 aromatic carbocycles. The highest BCUT2D eigenvalue weighted by Gasteiger charge is 2.45. The van der Waals surface area contributed by atoms with Crippen molar-refractivity contribution in [3.8, 4) is 33.8 Å². The van der Waals surface area contributed by atoms with E-state index in [2.05, 4.69) is 206 Å². The molecule has 0 fully saturated rings. The van der Waals surface area contributed by atoms with E-state index < -0.39 is 5.41 Å². The van der Waals surface area contributed by atoms with E-state index >= 15 is 0 Å². The number of nitrogens with one attached hydrogen (secondary N) is 1. The van der Waals surface area contributed by atoms with Gasteiger partial charge in [-0.1, -0.05) is 188 Å². The van der Waals surface area contributed by atoms with Crippen LogP contribution >= 0.6 is 0 Å². The summed E-state index contributed by atoms with van der Waals surface area (Å²) in [6.07, 6.45) is -0.160. The second kappa shape index (κ2) is 13.2. The predicted molar refractivity (Wildman–Crippen MR) is 218 cm³/mol. The van der Waals surface area contributed by atoms with Crippen molar-refractivity contribution in [1.29, 1.82) is 0 Å². The number of ether oxygens (including phenoxy) is 1. The molecule has 0 amide bonds. The van der Waals surface area contributed by atoms with Gasteiger partial charge in [0.25, 0.3) is 0 Å². The first kappa shape index (κ1) is 31.7. The van der Waals surface area contributed by atoms with E-state index in [0.29, 0.717) is 0 Å². The molecule has 0 aromatic heterocycles. The lowest BCUT2D eigenvalue weighted by Crippen LogP contribution is -2.39. The van der Waals surface area contributed by atoms with Gasteiger partial charge in [-0.15, -0.1) is 0 Å². The largest absolute Gasteiger partial charge is 0.456 e. The minimum atomic E-state index is -0.556. The maximum atomic E-state index is 6.91. The Kier molecular flexibility index (Phi) is 7.77. The number of benzene rings is 8. The zero-order valence-corrected chi connectivity index (χ0v) is 29.6. The molecule has 2 aliphatic rings. The molecule has 8 aromatic rings. The molecule has 1 unspecified atom stereocenters. The van der Waals surface area contributed by atoms with Crippen LogP contribution in [0.15, 0.2) is 211 Å². The van der Waals surface area contributed by atoms with Gasteiger partial charge in [-0.2, -0.15) is 0 Å². The fourth-order valence-corrected chi connectivity index (χ4v) is 8.37. The van der Waals surface area contributed by atoms with Crippen molar-refractivity contribution in [3.05, 3.63) is 250 Å². The summed E-state index contributed by atoms with van der Waals surface area (Å²) < 4.78 is 6.91. The Balaban J connectivity index is 1.06. The summed E-state index contributed by atoms with van der Waals surface area (Å²) in [7, 11) is 0. The average Bonchev–Trinajstić information content (AvgIpc) is 3.26. The second-order valence-electron chi connectivity index (χ2n) is 13.9. The fraction of sp³-hybridized carbons (Fsp3) is 0.0392. The van der Waals surface area contributed by atoms with Crippen molar-refractivity contribution < 1.29 is 4.74 Å². The Morgan fingerprint density at radius 2 is 1.06 bits per heavy atom. The highest BCUT2D eigenvalue weighted by molar-refractivity contribution is 5.81. The van der Waals surface area contributed by atoms with Gasteiger partial charge in [-0.25, -0.2) is 0 Å². The SMILES string of the molecule is c1ccc(C2N=c3ccccc3=C(c3cccc(-c4ccc(-c5cccc6c5Oc5ccccc5C6(c5ccccc5)c5ccccc5)cc4)c3)N2)cc1. The van der Waals surface area contributed by atoms with Gasteiger partial charge in [0.05, 0.1) is 16.5 Å². The van der Waals surface area contributed by atoms with Gasteiger partial charge in [-0.3, -0.25) is 4.99 Å². The van der Waals surface area contributed by atoms with E-state index in [0.717, 1.165) is 72.3 Å². The quantitative estimate of drug-likeness (QED) is 0.188. The smallest absolute Gasteiger partial charge is 0.145 e. The van der Waals surface area contributed by atoms with Gasteiger partial charge in [-0.05, 0) is 57.1 Å². The van der Waals surface area contributed by atoms with Gasteiger partial charge in [0, 0.05) is 21.9 Å². The first-order valence-electron chi connectivity index (χ1n) is 18.5. The van der Waals surface area contributed by atoms with Crippen LogP contribution in [0.4, 0.5) is 0 Å². The van der Waals surface area contributed by atoms with E-state index in [4.69, 9.17) is 9.73 Å². The van der Waals surface area contributed by atoms with Gasteiger partial charge in [0.1, 0.15) is 17.7 Å². The summed E-state index contributed by atoms with van der Waals surface area (Å²) in [6.45, 7) is 0. The maximum Gasteiger partial charge on any atom is 0.145 e. The van der Waals surface area contributed by atoms with Gasteiger partial charge in [0.15, 0.2) is 0 Å². The Labute approximate surface area is 315 Å². The van der Waals surface area contributed by atoms with Crippen LogP contribution in [0.3, 0.4) is 0 Å². The zero-order chi connectivity index (χ0) is 35.9. The molecule has 256 valence electrons. The average molecular weight is 693 g/mol. The predicted octanol–water partition coefficient (Wildman–Crippen LogP) is 10.6. The molecule has 3 nitrogen and oxygen atoms in total. The van der Waals surface area contributed by atoms with Crippen LogP contribution < -0.4 is 20.6 Å². The lowest BCUT2D eigenvalue weighted by molar-refractivity contribution is 0.436. The van der Waals surface area contributed by atoms with Crippen LogP contribution in [-0.4, -0.2) is 0 Å². The van der Waals surface area contributed by atoms with Crippen LogP contribution in [-0.2, 0) is 5.41 Å². The Morgan fingerprint density at radius 1 is 0.463 bits per heavy atom. The number of para-hydroxylation sites is 3. The molecular weight excluding hydrogens is 657 g/mol. The lowest BCUT2D eigenvalue weighted by Gasteiger charge is -2.42. The fourth-order valence-electron chi connectivity index (χ4n) is 8.37. The van der Waals surface area contributed by atoms with Crippen molar-refractivity contribution in [3.63, 3.8) is 0 Å². The van der Waals surface area contributed by atoms with E-state index in [-0.39, 0.29) is 6.17 Å². The molecule has 1 N–H and O–H groups in total. The summed E-state index contributed by atoms with van der Waals surface area (Å²) in [5.41, 5.74) is 11.9. The van der Waals surface area contributed by atoms with Crippen molar-refractivity contribution in [1.82, 2.24) is 5.32 Å². The summed E-state index contributed by atoms with van der Waals surface area (Å²) in [6, 6.07) is 73.2. The Hall–Kier alpha value is -6.97. The molecule has 1 atom stereocenters. The Morgan fingerprint density at radius 3 is 1.81 bits per heavy atom. The third-order valence-electron chi connectivity index (χ3n) is 10.9. The molecular formula is C51H36N2O. The summed E-state index contributed by atoms with van der Waals surface area (Å²) in [5, 5.41) is 5.85. The van der Waals surface area contributed by atoms with E-state index in [1.54, 1.807) is 0 Å². The topological polar surface area (TPSA) is 33.6 Å². The van der Waals surface area contributed by atoms with Crippen LogP contribution in [0, 0.1) is 0 Å². The second-order valence-corrected chi connectivity index (χ2v) is 13.9. The van der Waals surface area contributed by atoms with Crippen molar-refractivity contribution in [2.24, 2.45) is 4.99 Å². The van der Waals surface area contributed by atoms with Crippen molar-refractivity contribution >= 4 is 5.70 Å². The summed E-state index contributed by atoms with van der Waals surface area (Å²) in [4.78, 5) is 5.05. The van der Waals surface area contributed by atoms with E-state index in [1.165, 1.54) is 11.1 Å². The zero-order valence-electron chi connectivity index (χ0n) is 29.6. The molecule has 54 heavy (non-hydrogen) atoms. The number of nitrogens with zero attached hydrogens (tertiary/aromatic N) is 1. The number of hydrogen-bond donors (Lipinski definition) is 1. The lowest BCUT2D eigenvalue weighted by atomic mass is 9.63. The van der Waals surface area contributed by atoms with Gasteiger partial charge in [0.2, 0.25) is 0 Å². The van der Waals surface area contributed by atoms with Crippen molar-refractivity contribution in [2.45, 2.75) is 11.6 Å². The molecule has 10 rings (SSSR count). The highest BCUT2D eigenvalue weighted by Crippen LogP contribution is 2.57. The van der Waals surface area contributed by atoms with E-state index in [1.807, 2.05) is 6.07 Å². The van der Waals surface area contributed by atoms with Gasteiger partial charge >= 0.3 is 0 Å². The Bertz CT molecular complexity index is 2720. The molecule has 0 saturated carbocycles. The molecule has 0 saturated heterocycles. The van der Waals surface area contributed by atoms with E-state index in [9.17, 15) is 0 Å². The van der Waals surface area contributed by atoms with Crippen LogP contribution in [0.5, 0.6) is 11.5 Å². The minimum Gasteiger partial charge on any atom is -0.456 e. The molecule has 2 aliphatic heterocycles. The maximum absolute atomic E-state index is 6.91. The monoisotopic (exact) mass is 692 g/mol. The third kappa shape index (κ3) is 5.24. The molecule has 2 heterocycles. The van der Waals surface area contributed by atoms with Gasteiger partial charge < -0.3 is 10.1 Å². The normalized spacial score (nSPS) is 15.0. The van der Waals surface area contributed by atoms with Crippen molar-refractivity contribution in [2.75, 3.05) is 0 Å². The molecule has 0 aliphatic carbocycles. The van der Waals surface area contributed by atoms with Crippen LogP contribution in [0.25, 0.3) is 28.0 Å². The number of rotatable bonds is 6. The minimum absolute atomic E-state index is 0.160. The first-order valence-corrected chi connectivity index (χ1v) is 18.5. The third-order valence-corrected chi connectivity index (χ3v) is 10.9. The highest BCUT2D eigenvalue weighted by atomic mass is 16.5. The number of hydrogen-bond acceptors (Lipinski definition) is 3. The standard InChI is InChI=1S/C51H36N2O/c1-4-16-37(17-5-1)50-52-46-28-12-10-24-43(46)48(53-50)39-19-14-18-38(34-39)35-30-32-36(33-31-35)42-25-15-27-45-49(42)54-47-29-13-11-26-44(47)51(45,40-20-6-2-7-21-40)41-22-8-3-9-23-41/h1-34,50,53H. The molecule has 0 radical (unpaired) electrons.